The highest BCUT2D eigenvalue weighted by atomic mass is 35.5. The van der Waals surface area contributed by atoms with Crippen molar-refractivity contribution in [3.05, 3.63) is 58.9 Å². The van der Waals surface area contributed by atoms with Crippen LogP contribution in [0, 0.1) is 5.82 Å². The molecule has 94 valence electrons. The molecule has 0 saturated carbocycles. The molecule has 0 aromatic heterocycles. The van der Waals surface area contributed by atoms with Crippen LogP contribution >= 0.6 is 11.6 Å². The SMILES string of the molecule is CN(c1cccc(F)c1)c1c(Cl)cccc1CN. The van der Waals surface area contributed by atoms with E-state index in [1.165, 1.54) is 12.1 Å². The standard InChI is InChI=1S/C14H14ClFN2/c1-18(12-6-3-5-11(16)8-12)14-10(9-17)4-2-7-13(14)15/h2-8H,9,17H2,1H3. The summed E-state index contributed by atoms with van der Waals surface area (Å²) >= 11 is 6.20. The van der Waals surface area contributed by atoms with Crippen molar-refractivity contribution >= 4 is 23.0 Å². The molecule has 18 heavy (non-hydrogen) atoms. The fraction of sp³-hybridized carbons (Fsp3) is 0.143. The van der Waals surface area contributed by atoms with E-state index in [9.17, 15) is 4.39 Å². The Labute approximate surface area is 111 Å². The van der Waals surface area contributed by atoms with E-state index >= 15 is 0 Å². The summed E-state index contributed by atoms with van der Waals surface area (Å²) in [6.07, 6.45) is 0. The second-order valence-electron chi connectivity index (χ2n) is 3.99. The lowest BCUT2D eigenvalue weighted by atomic mass is 10.1. The number of para-hydroxylation sites is 1. The van der Waals surface area contributed by atoms with Gasteiger partial charge >= 0.3 is 0 Å². The predicted molar refractivity (Wildman–Crippen MR) is 73.8 cm³/mol. The van der Waals surface area contributed by atoms with Gasteiger partial charge in [0.1, 0.15) is 5.82 Å². The largest absolute Gasteiger partial charge is 0.343 e. The zero-order chi connectivity index (χ0) is 13.1. The van der Waals surface area contributed by atoms with Crippen molar-refractivity contribution in [2.24, 2.45) is 5.73 Å². The molecule has 0 fully saturated rings. The second-order valence-corrected chi connectivity index (χ2v) is 4.40. The second kappa shape index (κ2) is 5.38. The Morgan fingerprint density at radius 1 is 1.22 bits per heavy atom. The van der Waals surface area contributed by atoms with Gasteiger partial charge < -0.3 is 10.6 Å². The predicted octanol–water partition coefficient (Wildman–Crippen LogP) is 3.71. The summed E-state index contributed by atoms with van der Waals surface area (Å²) in [7, 11) is 1.84. The van der Waals surface area contributed by atoms with E-state index in [1.807, 2.05) is 30.1 Å². The summed E-state index contributed by atoms with van der Waals surface area (Å²) in [6.45, 7) is 0.384. The molecule has 2 rings (SSSR count). The fourth-order valence-corrected chi connectivity index (χ4v) is 2.24. The molecule has 0 unspecified atom stereocenters. The third kappa shape index (κ3) is 2.47. The van der Waals surface area contributed by atoms with Gasteiger partial charge in [0.2, 0.25) is 0 Å². The van der Waals surface area contributed by atoms with Crippen LogP contribution in [-0.2, 0) is 6.54 Å². The number of halogens is 2. The molecule has 2 aromatic carbocycles. The van der Waals surface area contributed by atoms with E-state index < -0.39 is 0 Å². The zero-order valence-corrected chi connectivity index (χ0v) is 10.8. The third-order valence-electron chi connectivity index (χ3n) is 2.82. The van der Waals surface area contributed by atoms with Crippen LogP contribution in [-0.4, -0.2) is 7.05 Å². The molecule has 0 aliphatic carbocycles. The molecule has 2 aromatic rings. The molecule has 2 nitrogen and oxygen atoms in total. The van der Waals surface area contributed by atoms with Gasteiger partial charge in [-0.3, -0.25) is 0 Å². The fourth-order valence-electron chi connectivity index (χ4n) is 1.91. The van der Waals surface area contributed by atoms with Crippen LogP contribution in [0.5, 0.6) is 0 Å². The maximum atomic E-state index is 13.2. The van der Waals surface area contributed by atoms with Gasteiger partial charge in [0, 0.05) is 19.3 Å². The van der Waals surface area contributed by atoms with E-state index in [4.69, 9.17) is 17.3 Å². The van der Waals surface area contributed by atoms with Crippen LogP contribution < -0.4 is 10.6 Å². The molecular weight excluding hydrogens is 251 g/mol. The number of hydrogen-bond donors (Lipinski definition) is 1. The molecule has 0 spiro atoms. The van der Waals surface area contributed by atoms with Gasteiger partial charge in [0.25, 0.3) is 0 Å². The average Bonchev–Trinajstić information content (AvgIpc) is 2.37. The molecule has 0 amide bonds. The molecule has 0 saturated heterocycles. The Kier molecular flexibility index (Phi) is 3.84. The molecule has 4 heteroatoms. The quantitative estimate of drug-likeness (QED) is 0.916. The maximum absolute atomic E-state index is 13.2. The van der Waals surface area contributed by atoms with Crippen LogP contribution in [0.1, 0.15) is 5.56 Å². The van der Waals surface area contributed by atoms with Gasteiger partial charge in [-0.15, -0.1) is 0 Å². The Morgan fingerprint density at radius 2 is 1.94 bits per heavy atom. The normalized spacial score (nSPS) is 10.4. The van der Waals surface area contributed by atoms with Crippen LogP contribution in [0.3, 0.4) is 0 Å². The van der Waals surface area contributed by atoms with Crippen molar-refractivity contribution < 1.29 is 4.39 Å². The maximum Gasteiger partial charge on any atom is 0.125 e. The van der Waals surface area contributed by atoms with Gasteiger partial charge in [-0.25, -0.2) is 4.39 Å². The summed E-state index contributed by atoms with van der Waals surface area (Å²) in [5.74, 6) is -0.277. The third-order valence-corrected chi connectivity index (χ3v) is 3.13. The monoisotopic (exact) mass is 264 g/mol. The number of nitrogens with two attached hydrogens (primary N) is 1. The minimum Gasteiger partial charge on any atom is -0.343 e. The molecule has 0 atom stereocenters. The molecule has 2 N–H and O–H groups in total. The molecule has 0 bridgehead atoms. The van der Waals surface area contributed by atoms with Crippen molar-refractivity contribution in [2.45, 2.75) is 6.54 Å². The first kappa shape index (κ1) is 12.9. The number of benzene rings is 2. The van der Waals surface area contributed by atoms with Crippen LogP contribution in [0.15, 0.2) is 42.5 Å². The van der Waals surface area contributed by atoms with Gasteiger partial charge in [0.15, 0.2) is 0 Å². The lowest BCUT2D eigenvalue weighted by Crippen LogP contribution is -2.14. The summed E-state index contributed by atoms with van der Waals surface area (Å²) < 4.78 is 13.2. The summed E-state index contributed by atoms with van der Waals surface area (Å²) in [4.78, 5) is 1.84. The molecule has 0 aliphatic heterocycles. The Balaban J connectivity index is 2.48. The molecule has 0 heterocycles. The minimum atomic E-state index is -0.277. The first-order valence-electron chi connectivity index (χ1n) is 5.60. The van der Waals surface area contributed by atoms with Crippen molar-refractivity contribution in [3.8, 4) is 0 Å². The molecular formula is C14H14ClFN2. The van der Waals surface area contributed by atoms with Crippen molar-refractivity contribution in [2.75, 3.05) is 11.9 Å². The molecule has 0 aliphatic rings. The summed E-state index contributed by atoms with van der Waals surface area (Å²) in [5.41, 5.74) is 8.18. The van der Waals surface area contributed by atoms with Crippen molar-refractivity contribution in [1.82, 2.24) is 0 Å². The van der Waals surface area contributed by atoms with Crippen LogP contribution in [0.4, 0.5) is 15.8 Å². The topological polar surface area (TPSA) is 29.3 Å². The van der Waals surface area contributed by atoms with Gasteiger partial charge in [-0.2, -0.15) is 0 Å². The van der Waals surface area contributed by atoms with E-state index in [2.05, 4.69) is 0 Å². The van der Waals surface area contributed by atoms with Gasteiger partial charge in [0.05, 0.1) is 10.7 Å². The average molecular weight is 265 g/mol. The van der Waals surface area contributed by atoms with E-state index in [0.717, 1.165) is 16.9 Å². The van der Waals surface area contributed by atoms with Crippen molar-refractivity contribution in [1.29, 1.82) is 0 Å². The van der Waals surface area contributed by atoms with Gasteiger partial charge in [-0.05, 0) is 29.8 Å². The smallest absolute Gasteiger partial charge is 0.125 e. The van der Waals surface area contributed by atoms with Crippen LogP contribution in [0.2, 0.25) is 5.02 Å². The lowest BCUT2D eigenvalue weighted by molar-refractivity contribution is 0.628. The number of nitrogens with zero attached hydrogens (tertiary/aromatic N) is 1. The van der Waals surface area contributed by atoms with Crippen molar-refractivity contribution in [3.63, 3.8) is 0 Å². The first-order valence-corrected chi connectivity index (χ1v) is 5.98. The van der Waals surface area contributed by atoms with Gasteiger partial charge in [-0.1, -0.05) is 29.8 Å². The highest BCUT2D eigenvalue weighted by Gasteiger charge is 2.12. The van der Waals surface area contributed by atoms with Crippen LogP contribution in [0.25, 0.3) is 0 Å². The Morgan fingerprint density at radius 3 is 2.61 bits per heavy atom. The molecule has 0 radical (unpaired) electrons. The Bertz CT molecular complexity index is 557. The first-order chi connectivity index (χ1) is 8.63. The van der Waals surface area contributed by atoms with E-state index in [0.29, 0.717) is 11.6 Å². The number of rotatable bonds is 3. The lowest BCUT2D eigenvalue weighted by Gasteiger charge is -2.23. The number of hydrogen-bond acceptors (Lipinski definition) is 2. The highest BCUT2D eigenvalue weighted by Crippen LogP contribution is 2.33. The van der Waals surface area contributed by atoms with E-state index in [1.54, 1.807) is 12.1 Å². The van der Waals surface area contributed by atoms with E-state index in [-0.39, 0.29) is 5.82 Å². The Hall–Kier alpha value is -1.58. The summed E-state index contributed by atoms with van der Waals surface area (Å²) in [5, 5.41) is 0.602. The highest BCUT2D eigenvalue weighted by molar-refractivity contribution is 6.33. The summed E-state index contributed by atoms with van der Waals surface area (Å²) in [6, 6.07) is 11.9. The number of anilines is 2. The zero-order valence-electron chi connectivity index (χ0n) is 10.0. The minimum absolute atomic E-state index is 0.277.